The average Bonchev–Trinajstić information content (AvgIpc) is 2.96. The molecule has 2 atom stereocenters. The quantitative estimate of drug-likeness (QED) is 0.680. The number of Topliss-reactive ketones (excluding diaryl/α,β-unsaturated/α-hetero) is 1. The van der Waals surface area contributed by atoms with Crippen LogP contribution in [0, 0.1) is 6.92 Å². The van der Waals surface area contributed by atoms with Gasteiger partial charge in [-0.2, -0.15) is 0 Å². The van der Waals surface area contributed by atoms with Crippen LogP contribution in [0.25, 0.3) is 10.9 Å². The monoisotopic (exact) mass is 337 g/mol. The lowest BCUT2D eigenvalue weighted by molar-refractivity contribution is -0.907. The van der Waals surface area contributed by atoms with Gasteiger partial charge in [-0.25, -0.2) is 0 Å². The van der Waals surface area contributed by atoms with Gasteiger partial charge in [0.25, 0.3) is 0 Å². The molecule has 1 heterocycles. The number of likely N-dealkylation sites (N-methyl/N-ethyl adjacent to an activating group) is 1. The molecule has 0 saturated carbocycles. The minimum Gasteiger partial charge on any atom is -0.497 e. The Balaban J connectivity index is 1.79. The van der Waals surface area contributed by atoms with E-state index in [1.165, 1.54) is 10.5 Å². The Bertz CT molecular complexity index is 881. The fraction of sp³-hybridized carbons (Fsp3) is 0.286. The number of methoxy groups -OCH3 is 1. The molecule has 25 heavy (non-hydrogen) atoms. The first kappa shape index (κ1) is 17.2. The molecule has 4 heteroatoms. The minimum absolute atomic E-state index is 0.125. The van der Waals surface area contributed by atoms with Gasteiger partial charge in [-0.1, -0.05) is 18.2 Å². The van der Waals surface area contributed by atoms with Crippen LogP contribution in [-0.2, 0) is 6.54 Å². The van der Waals surface area contributed by atoms with Crippen LogP contribution in [0.1, 0.15) is 28.5 Å². The van der Waals surface area contributed by atoms with Crippen LogP contribution in [0.5, 0.6) is 5.75 Å². The van der Waals surface area contributed by atoms with Crippen LogP contribution in [0.2, 0.25) is 0 Å². The molecule has 0 fully saturated rings. The van der Waals surface area contributed by atoms with Crippen LogP contribution >= 0.6 is 0 Å². The number of carbonyl (C=O) groups is 1. The normalized spacial score (nSPS) is 13.6. The Morgan fingerprint density at radius 3 is 2.52 bits per heavy atom. The number of rotatable bonds is 6. The predicted molar refractivity (Wildman–Crippen MR) is 100 cm³/mol. The fourth-order valence-corrected chi connectivity index (χ4v) is 3.25. The highest BCUT2D eigenvalue weighted by Gasteiger charge is 2.27. The Labute approximate surface area is 148 Å². The number of hydrogen-bond donors (Lipinski definition) is 2. The Morgan fingerprint density at radius 2 is 1.84 bits per heavy atom. The maximum Gasteiger partial charge on any atom is 0.222 e. The fourth-order valence-electron chi connectivity index (χ4n) is 3.25. The molecule has 0 aliphatic rings. The van der Waals surface area contributed by atoms with Crippen molar-refractivity contribution in [3.05, 3.63) is 65.4 Å². The molecule has 3 rings (SSSR count). The van der Waals surface area contributed by atoms with Gasteiger partial charge in [0.1, 0.15) is 18.3 Å². The number of nitrogens with one attached hydrogen (secondary N) is 2. The maximum absolute atomic E-state index is 13.1. The number of aromatic amines is 1. The van der Waals surface area contributed by atoms with Gasteiger partial charge >= 0.3 is 0 Å². The Morgan fingerprint density at radius 1 is 1.16 bits per heavy atom. The van der Waals surface area contributed by atoms with Crippen molar-refractivity contribution in [2.45, 2.75) is 26.4 Å². The van der Waals surface area contributed by atoms with Crippen LogP contribution in [-0.4, -0.2) is 31.0 Å². The molecule has 4 nitrogen and oxygen atoms in total. The molecule has 0 spiro atoms. The third-order valence-electron chi connectivity index (χ3n) is 4.91. The zero-order valence-electron chi connectivity index (χ0n) is 15.2. The van der Waals surface area contributed by atoms with Crippen molar-refractivity contribution < 1.29 is 14.4 Å². The lowest BCUT2D eigenvalue weighted by Crippen LogP contribution is -3.12. The summed E-state index contributed by atoms with van der Waals surface area (Å²) in [6, 6.07) is 15.9. The molecule has 2 N–H and O–H groups in total. The van der Waals surface area contributed by atoms with Gasteiger partial charge < -0.3 is 14.6 Å². The number of quaternary nitrogens is 1. The van der Waals surface area contributed by atoms with Crippen LogP contribution in [0.15, 0.2) is 48.5 Å². The van der Waals surface area contributed by atoms with E-state index in [0.29, 0.717) is 0 Å². The summed E-state index contributed by atoms with van der Waals surface area (Å²) in [5, 5.41) is 1.01. The van der Waals surface area contributed by atoms with Crippen molar-refractivity contribution in [1.29, 1.82) is 0 Å². The van der Waals surface area contributed by atoms with Crippen molar-refractivity contribution in [2.24, 2.45) is 0 Å². The third-order valence-corrected chi connectivity index (χ3v) is 4.91. The summed E-state index contributed by atoms with van der Waals surface area (Å²) < 4.78 is 5.20. The second-order valence-electron chi connectivity index (χ2n) is 6.63. The largest absolute Gasteiger partial charge is 0.497 e. The number of hydrogen-bond acceptors (Lipinski definition) is 2. The molecule has 3 aromatic rings. The molecule has 130 valence electrons. The predicted octanol–water partition coefficient (Wildman–Crippen LogP) is 2.77. The topological polar surface area (TPSA) is 46.5 Å². The van der Waals surface area contributed by atoms with Crippen molar-refractivity contribution >= 4 is 16.7 Å². The molecule has 0 radical (unpaired) electrons. The van der Waals surface area contributed by atoms with Crippen LogP contribution in [0.3, 0.4) is 0 Å². The number of benzene rings is 2. The van der Waals surface area contributed by atoms with Crippen molar-refractivity contribution in [3.63, 3.8) is 0 Å². The lowest BCUT2D eigenvalue weighted by atomic mass is 10.0. The van der Waals surface area contributed by atoms with E-state index in [-0.39, 0.29) is 11.8 Å². The van der Waals surface area contributed by atoms with E-state index in [1.54, 1.807) is 7.11 Å². The zero-order chi connectivity index (χ0) is 18.0. The summed E-state index contributed by atoms with van der Waals surface area (Å²) in [4.78, 5) is 17.6. The second kappa shape index (κ2) is 7.11. The molecule has 1 unspecified atom stereocenters. The Kier molecular flexibility index (Phi) is 4.91. The molecular formula is C21H25N2O2+. The molecule has 0 aliphatic carbocycles. The SMILES string of the molecule is COc1ccc(C[NH+](C)[C@@H](C)C(=O)c2c(C)[nH]c3ccccc23)cc1. The number of carbonyl (C=O) groups excluding carboxylic acids is 1. The molecule has 1 aromatic heterocycles. The van der Waals surface area contributed by atoms with E-state index < -0.39 is 0 Å². The van der Waals surface area contributed by atoms with Crippen molar-refractivity contribution in [3.8, 4) is 5.75 Å². The summed E-state index contributed by atoms with van der Waals surface area (Å²) in [5.74, 6) is 1.03. The molecular weight excluding hydrogens is 312 g/mol. The molecule has 0 amide bonds. The molecule has 0 bridgehead atoms. The van der Waals surface area contributed by atoms with E-state index in [1.807, 2.05) is 50.2 Å². The number of aryl methyl sites for hydroxylation is 1. The zero-order valence-corrected chi connectivity index (χ0v) is 15.2. The first-order valence-corrected chi connectivity index (χ1v) is 8.58. The van der Waals surface area contributed by atoms with E-state index in [9.17, 15) is 4.79 Å². The van der Waals surface area contributed by atoms with Crippen LogP contribution in [0.4, 0.5) is 0 Å². The van der Waals surface area contributed by atoms with Crippen molar-refractivity contribution in [1.82, 2.24) is 4.98 Å². The second-order valence-corrected chi connectivity index (χ2v) is 6.63. The number of ketones is 1. The number of fused-ring (bicyclic) bond motifs is 1. The van der Waals surface area contributed by atoms with Gasteiger partial charge in [0.05, 0.1) is 19.7 Å². The smallest absolute Gasteiger partial charge is 0.222 e. The van der Waals surface area contributed by atoms with Crippen LogP contribution < -0.4 is 9.64 Å². The molecule has 0 saturated heterocycles. The number of para-hydroxylation sites is 1. The van der Waals surface area contributed by atoms with Gasteiger partial charge in [0, 0.05) is 22.2 Å². The minimum atomic E-state index is -0.125. The summed E-state index contributed by atoms with van der Waals surface area (Å²) in [5.41, 5.74) is 3.96. The number of ether oxygens (including phenoxy) is 1. The number of aromatic nitrogens is 1. The Hall–Kier alpha value is -2.59. The highest BCUT2D eigenvalue weighted by Crippen LogP contribution is 2.22. The van der Waals surface area contributed by atoms with Gasteiger partial charge in [0.15, 0.2) is 0 Å². The lowest BCUT2D eigenvalue weighted by Gasteiger charge is -2.21. The number of H-pyrrole nitrogens is 1. The van der Waals surface area contributed by atoms with E-state index in [2.05, 4.69) is 24.2 Å². The summed E-state index contributed by atoms with van der Waals surface area (Å²) in [6.07, 6.45) is 0. The van der Waals surface area contributed by atoms with Gasteiger partial charge in [0.2, 0.25) is 5.78 Å². The van der Waals surface area contributed by atoms with E-state index >= 15 is 0 Å². The average molecular weight is 337 g/mol. The van der Waals surface area contributed by atoms with E-state index in [4.69, 9.17) is 4.74 Å². The highest BCUT2D eigenvalue weighted by atomic mass is 16.5. The van der Waals surface area contributed by atoms with Gasteiger partial charge in [-0.15, -0.1) is 0 Å². The van der Waals surface area contributed by atoms with Gasteiger partial charge in [-0.3, -0.25) is 4.79 Å². The van der Waals surface area contributed by atoms with E-state index in [0.717, 1.165) is 34.5 Å². The highest BCUT2D eigenvalue weighted by molar-refractivity contribution is 6.10. The summed E-state index contributed by atoms with van der Waals surface area (Å²) >= 11 is 0. The summed E-state index contributed by atoms with van der Waals surface area (Å²) in [6.45, 7) is 4.76. The molecule has 2 aromatic carbocycles. The first-order valence-electron chi connectivity index (χ1n) is 8.58. The van der Waals surface area contributed by atoms with Gasteiger partial charge in [-0.05, 0) is 44.2 Å². The third kappa shape index (κ3) is 3.44. The standard InChI is InChI=1S/C21H24N2O2/c1-14-20(18-7-5-6-8-19(18)22-14)21(24)15(2)23(3)13-16-9-11-17(25-4)12-10-16/h5-12,15,22H,13H2,1-4H3/p+1/t15-/m0/s1. The first-order chi connectivity index (χ1) is 12.0. The molecule has 0 aliphatic heterocycles. The van der Waals surface area contributed by atoms with Crippen molar-refractivity contribution in [2.75, 3.05) is 14.2 Å². The maximum atomic E-state index is 13.1. The summed E-state index contributed by atoms with van der Waals surface area (Å²) in [7, 11) is 3.73.